The Balaban J connectivity index is 1.38. The number of Topliss-reactive ketones (excluding diaryl/α,β-unsaturated/α-hetero) is 1. The summed E-state index contributed by atoms with van der Waals surface area (Å²) in [6, 6.07) is 10.5. The maximum Gasteiger partial charge on any atom is 0.314 e. The smallest absolute Gasteiger partial charge is 0.314 e. The number of aromatic nitrogens is 2. The van der Waals surface area contributed by atoms with Crippen LogP contribution in [0.1, 0.15) is 22.0 Å². The molecule has 1 unspecified atom stereocenters. The Bertz CT molecular complexity index is 1480. The molecule has 1 aliphatic heterocycles. The number of ketones is 1. The molecule has 1 aromatic heterocycles. The largest absolute Gasteiger partial charge is 0.515 e. The molecular weight excluding hydrogens is 474 g/mol. The maximum atomic E-state index is 12.3. The summed E-state index contributed by atoms with van der Waals surface area (Å²) in [5.74, 6) is -3.82. The van der Waals surface area contributed by atoms with Crippen LogP contribution in [0.3, 0.4) is 0 Å². The number of nitrogens with zero attached hydrogens (tertiary/aromatic N) is 1. The zero-order chi connectivity index (χ0) is 26.0. The molecule has 2 heterocycles. The van der Waals surface area contributed by atoms with Crippen molar-refractivity contribution in [1.82, 2.24) is 15.1 Å². The van der Waals surface area contributed by atoms with Gasteiger partial charge < -0.3 is 26.2 Å². The minimum atomic E-state index is -0.983. The van der Waals surface area contributed by atoms with E-state index in [0.29, 0.717) is 17.5 Å². The molecule has 1 atom stereocenters. The number of nitrogens with one attached hydrogen (secondary N) is 4. The highest BCUT2D eigenvalue weighted by Crippen LogP contribution is 2.25. The van der Waals surface area contributed by atoms with Crippen molar-refractivity contribution in [3.05, 3.63) is 81.8 Å². The molecule has 0 aliphatic carbocycles. The molecule has 0 spiro atoms. The molecule has 13 heteroatoms. The Hall–Kier alpha value is -5.46. The van der Waals surface area contributed by atoms with E-state index >= 15 is 0 Å². The molecule has 2 aromatic carbocycles. The van der Waals surface area contributed by atoms with Gasteiger partial charge in [-0.25, -0.2) is 4.68 Å². The van der Waals surface area contributed by atoms with Crippen LogP contribution in [0.4, 0.5) is 11.4 Å². The molecule has 13 nitrogen and oxygen atoms in total. The standard InChI is InChI=1S/C23H17N5O8/c29-9-15-18(31)17(26-19(15)32)11-1-3-12(4-2-11)24-21(34)22(35)25-13-5-7-14(8-6-13)28-23(36)16(10-30)20(33)27-28/h1-10,17,29,36H,(H,24,34)(H,25,35)(H,26,32)(H,27,33)/b15-9-. The first kappa shape index (κ1) is 23.7. The zero-order valence-electron chi connectivity index (χ0n) is 18.1. The van der Waals surface area contributed by atoms with Crippen molar-refractivity contribution >= 4 is 41.2 Å². The summed E-state index contributed by atoms with van der Waals surface area (Å²) < 4.78 is 0.986. The van der Waals surface area contributed by atoms with E-state index in [1.165, 1.54) is 48.5 Å². The topological polar surface area (TPSA) is 200 Å². The van der Waals surface area contributed by atoms with Crippen LogP contribution in [0.5, 0.6) is 5.88 Å². The lowest BCUT2D eigenvalue weighted by Crippen LogP contribution is -2.29. The summed E-state index contributed by atoms with van der Waals surface area (Å²) in [7, 11) is 0. The Morgan fingerprint density at radius 2 is 1.47 bits per heavy atom. The van der Waals surface area contributed by atoms with Gasteiger partial charge in [0.25, 0.3) is 11.5 Å². The number of carbonyl (C=O) groups excluding carboxylic acids is 5. The number of carbonyl (C=O) groups is 5. The van der Waals surface area contributed by atoms with Crippen molar-refractivity contribution in [2.45, 2.75) is 6.04 Å². The summed E-state index contributed by atoms with van der Waals surface area (Å²) >= 11 is 0. The number of aliphatic hydroxyl groups excluding tert-OH is 1. The van der Waals surface area contributed by atoms with Crippen molar-refractivity contribution in [2.24, 2.45) is 0 Å². The second-order valence-corrected chi connectivity index (χ2v) is 7.52. The van der Waals surface area contributed by atoms with Gasteiger partial charge in [0.15, 0.2) is 12.1 Å². The number of amides is 3. The van der Waals surface area contributed by atoms with E-state index in [1.54, 1.807) is 0 Å². The summed E-state index contributed by atoms with van der Waals surface area (Å²) in [5.41, 5.74) is -0.350. The third kappa shape index (κ3) is 4.35. The minimum absolute atomic E-state index is 0.224. The first-order valence-corrected chi connectivity index (χ1v) is 10.2. The highest BCUT2D eigenvalue weighted by Gasteiger charge is 2.36. The molecule has 3 amide bonds. The van der Waals surface area contributed by atoms with Gasteiger partial charge in [-0.1, -0.05) is 12.1 Å². The highest BCUT2D eigenvalue weighted by atomic mass is 16.3. The lowest BCUT2D eigenvalue weighted by molar-refractivity contribution is -0.132. The predicted octanol–water partition coefficient (Wildman–Crippen LogP) is 0.443. The van der Waals surface area contributed by atoms with Gasteiger partial charge in [-0.2, -0.15) is 0 Å². The molecule has 3 aromatic rings. The number of hydrogen-bond donors (Lipinski definition) is 6. The molecule has 6 N–H and O–H groups in total. The predicted molar refractivity (Wildman–Crippen MR) is 124 cm³/mol. The molecule has 1 fully saturated rings. The van der Waals surface area contributed by atoms with Crippen molar-refractivity contribution in [2.75, 3.05) is 10.6 Å². The Morgan fingerprint density at radius 1 is 0.917 bits per heavy atom. The van der Waals surface area contributed by atoms with Crippen LogP contribution >= 0.6 is 0 Å². The van der Waals surface area contributed by atoms with Crippen molar-refractivity contribution in [1.29, 1.82) is 0 Å². The number of rotatable bonds is 5. The van der Waals surface area contributed by atoms with Gasteiger partial charge in [0.2, 0.25) is 5.88 Å². The highest BCUT2D eigenvalue weighted by molar-refractivity contribution is 6.43. The Kier molecular flexibility index (Phi) is 6.20. The van der Waals surface area contributed by atoms with Gasteiger partial charge in [0.1, 0.15) is 17.2 Å². The van der Waals surface area contributed by atoms with Crippen LogP contribution < -0.4 is 21.5 Å². The van der Waals surface area contributed by atoms with Gasteiger partial charge >= 0.3 is 11.8 Å². The molecular formula is C23H17N5O8. The van der Waals surface area contributed by atoms with Crippen molar-refractivity contribution in [3.63, 3.8) is 0 Å². The van der Waals surface area contributed by atoms with E-state index in [1.807, 2.05) is 0 Å². The minimum Gasteiger partial charge on any atom is -0.515 e. The second kappa shape index (κ2) is 9.42. The number of aromatic amines is 1. The third-order valence-corrected chi connectivity index (χ3v) is 5.30. The van der Waals surface area contributed by atoms with Gasteiger partial charge in [0, 0.05) is 11.4 Å². The number of hydrogen-bond acceptors (Lipinski definition) is 8. The molecule has 36 heavy (non-hydrogen) atoms. The number of anilines is 2. The first-order valence-electron chi connectivity index (χ1n) is 10.2. The van der Waals surface area contributed by atoms with Gasteiger partial charge in [-0.05, 0) is 42.0 Å². The summed E-state index contributed by atoms with van der Waals surface area (Å²) in [5, 5.41) is 28.5. The number of aldehydes is 1. The van der Waals surface area contributed by atoms with E-state index in [9.17, 15) is 33.9 Å². The van der Waals surface area contributed by atoms with E-state index in [-0.39, 0.29) is 23.2 Å². The number of benzene rings is 2. The van der Waals surface area contributed by atoms with Crippen LogP contribution in [0, 0.1) is 0 Å². The van der Waals surface area contributed by atoms with Crippen LogP contribution in [-0.2, 0) is 19.2 Å². The SMILES string of the molecule is O=Cc1c(O)n(-c2ccc(NC(=O)C(=O)Nc3ccc(C4NC(=O)/C(=C\O)C4=O)cc3)cc2)[nH]c1=O. The van der Waals surface area contributed by atoms with E-state index in [2.05, 4.69) is 21.0 Å². The lowest BCUT2D eigenvalue weighted by atomic mass is 10.0. The summed E-state index contributed by atoms with van der Waals surface area (Å²) in [6.45, 7) is 0. The fourth-order valence-corrected chi connectivity index (χ4v) is 3.46. The quantitative estimate of drug-likeness (QED) is 0.0970. The third-order valence-electron chi connectivity index (χ3n) is 5.30. The summed E-state index contributed by atoms with van der Waals surface area (Å²) in [6.07, 6.45) is 0.676. The summed E-state index contributed by atoms with van der Waals surface area (Å²) in [4.78, 5) is 70.8. The second-order valence-electron chi connectivity index (χ2n) is 7.52. The molecule has 0 saturated carbocycles. The van der Waals surface area contributed by atoms with Crippen molar-refractivity contribution < 1.29 is 34.2 Å². The molecule has 4 rings (SSSR count). The fraction of sp³-hybridized carbons (Fsp3) is 0.0435. The van der Waals surface area contributed by atoms with Gasteiger partial charge in [-0.3, -0.25) is 33.9 Å². The molecule has 0 bridgehead atoms. The molecule has 0 radical (unpaired) electrons. The van der Waals surface area contributed by atoms with Gasteiger partial charge in [-0.15, -0.1) is 0 Å². The van der Waals surface area contributed by atoms with E-state index in [4.69, 9.17) is 5.11 Å². The van der Waals surface area contributed by atoms with E-state index < -0.39 is 46.5 Å². The molecule has 1 aliphatic rings. The van der Waals surface area contributed by atoms with Crippen LogP contribution in [0.15, 0.2) is 65.2 Å². The number of aliphatic hydroxyl groups is 1. The average molecular weight is 491 g/mol. The maximum absolute atomic E-state index is 12.3. The van der Waals surface area contributed by atoms with Crippen LogP contribution in [0.25, 0.3) is 5.69 Å². The normalized spacial score (nSPS) is 16.0. The first-order chi connectivity index (χ1) is 17.2. The van der Waals surface area contributed by atoms with Gasteiger partial charge in [0.05, 0.1) is 11.9 Å². The zero-order valence-corrected chi connectivity index (χ0v) is 18.1. The lowest BCUT2D eigenvalue weighted by Gasteiger charge is -2.11. The molecule has 1 saturated heterocycles. The number of H-pyrrole nitrogens is 1. The average Bonchev–Trinajstić information content (AvgIpc) is 3.32. The molecule has 182 valence electrons. The fourth-order valence-electron chi connectivity index (χ4n) is 3.46. The Labute approximate surface area is 201 Å². The monoisotopic (exact) mass is 491 g/mol. The Morgan fingerprint density at radius 3 is 1.94 bits per heavy atom. The van der Waals surface area contributed by atoms with Crippen molar-refractivity contribution in [3.8, 4) is 11.6 Å². The number of aromatic hydroxyl groups is 1. The van der Waals surface area contributed by atoms with Crippen LogP contribution in [0.2, 0.25) is 0 Å². The van der Waals surface area contributed by atoms with E-state index in [0.717, 1.165) is 4.68 Å². The van der Waals surface area contributed by atoms with Crippen LogP contribution in [-0.4, -0.2) is 49.8 Å².